The molecule has 0 spiro atoms. The van der Waals surface area contributed by atoms with E-state index in [1.807, 2.05) is 0 Å². The SMILES string of the molecule is O=P(O)(O)COCC1O[C@@H](c2csc3c(NC4CCCC4)nc(Cl)nc23)[C@H](O)[C@@H]1O. The molecule has 1 aliphatic carbocycles. The summed E-state index contributed by atoms with van der Waals surface area (Å²) >= 11 is 7.54. The third-order valence-electron chi connectivity index (χ3n) is 5.32. The second kappa shape index (κ2) is 8.93. The van der Waals surface area contributed by atoms with Gasteiger partial charge in [-0.3, -0.25) is 4.57 Å². The third kappa shape index (κ3) is 4.79. The zero-order chi connectivity index (χ0) is 21.5. The molecule has 5 N–H and O–H groups in total. The molecule has 3 heterocycles. The second-order valence-corrected chi connectivity index (χ2v) is 10.4. The first-order valence-corrected chi connectivity index (χ1v) is 12.6. The first kappa shape index (κ1) is 22.3. The van der Waals surface area contributed by atoms with Crippen LogP contribution in [0.5, 0.6) is 0 Å². The van der Waals surface area contributed by atoms with Crippen LogP contribution in [0.25, 0.3) is 10.2 Å². The molecule has 10 nitrogen and oxygen atoms in total. The van der Waals surface area contributed by atoms with Crippen LogP contribution >= 0.6 is 30.5 Å². The number of hydrogen-bond acceptors (Lipinski definition) is 9. The van der Waals surface area contributed by atoms with Gasteiger partial charge >= 0.3 is 7.60 Å². The maximum absolute atomic E-state index is 10.9. The van der Waals surface area contributed by atoms with Crippen molar-refractivity contribution in [1.82, 2.24) is 9.97 Å². The van der Waals surface area contributed by atoms with E-state index in [4.69, 9.17) is 30.9 Å². The molecule has 2 aliphatic rings. The zero-order valence-electron chi connectivity index (χ0n) is 15.8. The minimum atomic E-state index is -4.34. The van der Waals surface area contributed by atoms with E-state index in [2.05, 4.69) is 15.3 Å². The summed E-state index contributed by atoms with van der Waals surface area (Å²) in [6.45, 7) is -0.272. The van der Waals surface area contributed by atoms with Crippen LogP contribution in [-0.2, 0) is 14.0 Å². The predicted octanol–water partition coefficient (Wildman–Crippen LogP) is 2.01. The van der Waals surface area contributed by atoms with Gasteiger partial charge in [-0.25, -0.2) is 4.98 Å². The third-order valence-corrected chi connectivity index (χ3v) is 7.00. The molecule has 166 valence electrons. The average molecular weight is 480 g/mol. The first-order chi connectivity index (χ1) is 14.2. The highest BCUT2D eigenvalue weighted by molar-refractivity contribution is 7.51. The Morgan fingerprint density at radius 2 is 2.00 bits per heavy atom. The van der Waals surface area contributed by atoms with Crippen LogP contribution < -0.4 is 5.32 Å². The van der Waals surface area contributed by atoms with Gasteiger partial charge in [-0.2, -0.15) is 4.98 Å². The fourth-order valence-corrected chi connectivity index (χ4v) is 5.40. The molecule has 4 atom stereocenters. The number of fused-ring (bicyclic) bond motifs is 1. The Balaban J connectivity index is 1.55. The smallest absolute Gasteiger partial charge is 0.350 e. The van der Waals surface area contributed by atoms with Crippen LogP contribution in [0, 0.1) is 0 Å². The van der Waals surface area contributed by atoms with Gasteiger partial charge in [0.1, 0.15) is 36.6 Å². The number of hydrogen-bond donors (Lipinski definition) is 5. The molecule has 0 aromatic carbocycles. The van der Waals surface area contributed by atoms with Gasteiger partial charge in [0, 0.05) is 11.6 Å². The normalized spacial score (nSPS) is 27.9. The van der Waals surface area contributed by atoms with Crippen molar-refractivity contribution in [3.63, 3.8) is 0 Å². The molecule has 1 aliphatic heterocycles. The van der Waals surface area contributed by atoms with Gasteiger partial charge in [-0.1, -0.05) is 12.8 Å². The van der Waals surface area contributed by atoms with Crippen LogP contribution in [0.15, 0.2) is 5.38 Å². The lowest BCUT2D eigenvalue weighted by Crippen LogP contribution is -2.33. The number of thiophene rings is 1. The van der Waals surface area contributed by atoms with Crippen LogP contribution in [-0.4, -0.2) is 67.3 Å². The van der Waals surface area contributed by atoms with Crippen molar-refractivity contribution in [3.05, 3.63) is 16.2 Å². The molecular weight excluding hydrogens is 457 g/mol. The lowest BCUT2D eigenvalue weighted by atomic mass is 10.0. The van der Waals surface area contributed by atoms with Crippen LogP contribution in [0.2, 0.25) is 5.28 Å². The Bertz CT molecular complexity index is 951. The van der Waals surface area contributed by atoms with Crippen LogP contribution in [0.4, 0.5) is 5.82 Å². The van der Waals surface area contributed by atoms with E-state index >= 15 is 0 Å². The number of halogens is 1. The highest BCUT2D eigenvalue weighted by atomic mass is 35.5. The molecule has 0 radical (unpaired) electrons. The van der Waals surface area contributed by atoms with Gasteiger partial charge < -0.3 is 34.8 Å². The average Bonchev–Trinajstić information content (AvgIpc) is 3.37. The molecule has 13 heteroatoms. The molecule has 1 saturated carbocycles. The van der Waals surface area contributed by atoms with Crippen molar-refractivity contribution >= 4 is 46.6 Å². The van der Waals surface area contributed by atoms with E-state index in [-0.39, 0.29) is 11.9 Å². The summed E-state index contributed by atoms with van der Waals surface area (Å²) in [5, 5.41) is 26.1. The minimum absolute atomic E-state index is 0.0669. The van der Waals surface area contributed by atoms with Crippen molar-refractivity contribution in [1.29, 1.82) is 0 Å². The summed E-state index contributed by atoms with van der Waals surface area (Å²) in [5.41, 5.74) is 1.10. The van der Waals surface area contributed by atoms with E-state index < -0.39 is 38.4 Å². The lowest BCUT2D eigenvalue weighted by Gasteiger charge is -2.15. The molecule has 2 fully saturated rings. The summed E-state index contributed by atoms with van der Waals surface area (Å²) in [6, 6.07) is 0.329. The number of aromatic nitrogens is 2. The van der Waals surface area contributed by atoms with Gasteiger partial charge in [0.2, 0.25) is 5.28 Å². The van der Waals surface area contributed by atoms with E-state index in [0.29, 0.717) is 22.9 Å². The molecule has 4 rings (SSSR count). The lowest BCUT2D eigenvalue weighted by molar-refractivity contribution is -0.0386. The second-order valence-electron chi connectivity index (χ2n) is 7.58. The quantitative estimate of drug-likeness (QED) is 0.294. The topological polar surface area (TPSA) is 154 Å². The van der Waals surface area contributed by atoms with Crippen molar-refractivity contribution in [2.75, 3.05) is 18.3 Å². The van der Waals surface area contributed by atoms with Crippen LogP contribution in [0.1, 0.15) is 37.4 Å². The minimum Gasteiger partial charge on any atom is -0.387 e. The summed E-state index contributed by atoms with van der Waals surface area (Å²) in [7, 11) is -4.34. The summed E-state index contributed by atoms with van der Waals surface area (Å²) in [6.07, 6.45) is -0.700. The van der Waals surface area contributed by atoms with E-state index in [0.717, 1.165) is 17.5 Å². The van der Waals surface area contributed by atoms with E-state index in [1.54, 1.807) is 5.38 Å². The van der Waals surface area contributed by atoms with Gasteiger partial charge in [-0.15, -0.1) is 11.3 Å². The largest absolute Gasteiger partial charge is 0.387 e. The standard InChI is InChI=1S/C17H23ClN3O7PS/c18-17-20-11-9(6-30-15(11)16(21-17)19-8-3-1-2-4-8)14-13(23)12(22)10(28-14)5-27-7-29(24,25)26/h6,8,10,12-14,22-23H,1-5,7H2,(H,19,20,21)(H2,24,25,26)/t10?,12-,13-,14+/m1/s1. The Hall–Kier alpha value is -0.880. The summed E-state index contributed by atoms with van der Waals surface area (Å²) in [4.78, 5) is 26.4. The zero-order valence-corrected chi connectivity index (χ0v) is 18.3. The fraction of sp³-hybridized carbons (Fsp3) is 0.647. The monoisotopic (exact) mass is 479 g/mol. The summed E-state index contributed by atoms with van der Waals surface area (Å²) in [5.74, 6) is 0.641. The Morgan fingerprint density at radius 3 is 2.70 bits per heavy atom. The van der Waals surface area contributed by atoms with Gasteiger partial charge in [-0.05, 0) is 29.8 Å². The van der Waals surface area contributed by atoms with E-state index in [9.17, 15) is 14.8 Å². The van der Waals surface area contributed by atoms with Crippen molar-refractivity contribution in [2.45, 2.75) is 56.1 Å². The van der Waals surface area contributed by atoms with Gasteiger partial charge in [0.15, 0.2) is 0 Å². The first-order valence-electron chi connectivity index (χ1n) is 9.58. The number of aliphatic hydroxyl groups excluding tert-OH is 2. The number of nitrogens with one attached hydrogen (secondary N) is 1. The van der Waals surface area contributed by atoms with E-state index in [1.165, 1.54) is 24.2 Å². The maximum atomic E-state index is 10.9. The number of anilines is 1. The molecule has 1 saturated heterocycles. The number of ether oxygens (including phenoxy) is 2. The van der Waals surface area contributed by atoms with Crippen molar-refractivity contribution in [2.24, 2.45) is 0 Å². The van der Waals surface area contributed by atoms with Crippen molar-refractivity contribution < 1.29 is 34.0 Å². The Labute approximate surface area is 181 Å². The fourth-order valence-electron chi connectivity index (χ4n) is 3.90. The number of rotatable bonds is 7. The highest BCUT2D eigenvalue weighted by Crippen LogP contribution is 2.42. The molecule has 2 aromatic heterocycles. The molecule has 1 unspecified atom stereocenters. The number of aliphatic hydroxyl groups is 2. The highest BCUT2D eigenvalue weighted by Gasteiger charge is 2.45. The van der Waals surface area contributed by atoms with Crippen molar-refractivity contribution in [3.8, 4) is 0 Å². The number of nitrogens with zero attached hydrogens (tertiary/aromatic N) is 2. The molecule has 30 heavy (non-hydrogen) atoms. The molecular formula is C17H23ClN3O7PS. The Kier molecular flexibility index (Phi) is 6.64. The predicted molar refractivity (Wildman–Crippen MR) is 111 cm³/mol. The summed E-state index contributed by atoms with van der Waals surface area (Å²) < 4.78 is 22.4. The molecule has 0 bridgehead atoms. The maximum Gasteiger partial charge on any atom is 0.350 e. The van der Waals surface area contributed by atoms with Gasteiger partial charge in [0.05, 0.1) is 16.8 Å². The molecule has 0 amide bonds. The Morgan fingerprint density at radius 1 is 1.27 bits per heavy atom. The van der Waals surface area contributed by atoms with Crippen LogP contribution in [0.3, 0.4) is 0 Å². The van der Waals surface area contributed by atoms with Gasteiger partial charge in [0.25, 0.3) is 0 Å². The molecule has 2 aromatic rings.